The van der Waals surface area contributed by atoms with Gasteiger partial charge in [-0.15, -0.1) is 0 Å². The number of amides is 1. The largest absolute Gasteiger partial charge is 0.494 e. The Labute approximate surface area is 232 Å². The minimum Gasteiger partial charge on any atom is -0.494 e. The van der Waals surface area contributed by atoms with Gasteiger partial charge in [0, 0.05) is 37.8 Å². The fourth-order valence-corrected chi connectivity index (χ4v) is 5.22. The lowest BCUT2D eigenvalue weighted by Gasteiger charge is -2.15. The summed E-state index contributed by atoms with van der Waals surface area (Å²) in [5, 5.41) is 5.22. The van der Waals surface area contributed by atoms with Crippen molar-refractivity contribution in [1.82, 2.24) is 15.0 Å². The second-order valence-electron chi connectivity index (χ2n) is 9.05. The van der Waals surface area contributed by atoms with Crippen LogP contribution in [-0.4, -0.2) is 33.8 Å². The standard InChI is InChI=1S/C31H21BrN4O3/c1-17(37)29-21(10-11-25-22(29)13-18-6-3-4-9-24(18)35-25)31(38)36-27-14-23-26(15-28(27)39-2)33-16-34-30(23)19-7-5-8-20(32)12-19/h3-16H,1-2H3,(H,36,38). The average Bonchev–Trinajstić information content (AvgIpc) is 2.94. The molecule has 0 unspecified atom stereocenters. The van der Waals surface area contributed by atoms with Crippen molar-refractivity contribution in [3.8, 4) is 17.0 Å². The number of rotatable bonds is 5. The third-order valence-electron chi connectivity index (χ3n) is 6.60. The molecule has 0 saturated heterocycles. The lowest BCUT2D eigenvalue weighted by atomic mass is 9.96. The van der Waals surface area contributed by atoms with E-state index in [4.69, 9.17) is 9.72 Å². The van der Waals surface area contributed by atoms with Crippen LogP contribution < -0.4 is 10.1 Å². The second kappa shape index (κ2) is 9.89. The van der Waals surface area contributed by atoms with Crippen molar-refractivity contribution >= 4 is 66.0 Å². The van der Waals surface area contributed by atoms with E-state index in [1.54, 1.807) is 24.3 Å². The van der Waals surface area contributed by atoms with Gasteiger partial charge in [-0.1, -0.05) is 46.3 Å². The van der Waals surface area contributed by atoms with E-state index >= 15 is 0 Å². The summed E-state index contributed by atoms with van der Waals surface area (Å²) in [6, 6.07) is 24.3. The van der Waals surface area contributed by atoms with Gasteiger partial charge >= 0.3 is 0 Å². The summed E-state index contributed by atoms with van der Waals surface area (Å²) in [4.78, 5) is 40.1. The minimum atomic E-state index is -0.436. The van der Waals surface area contributed by atoms with E-state index < -0.39 is 5.91 Å². The third kappa shape index (κ3) is 4.49. The molecule has 2 aromatic heterocycles. The van der Waals surface area contributed by atoms with E-state index in [1.807, 2.05) is 54.6 Å². The summed E-state index contributed by atoms with van der Waals surface area (Å²) in [7, 11) is 1.53. The number of para-hydroxylation sites is 1. The molecule has 4 aromatic carbocycles. The lowest BCUT2D eigenvalue weighted by Crippen LogP contribution is -2.17. The molecule has 0 fully saturated rings. The summed E-state index contributed by atoms with van der Waals surface area (Å²) in [5.74, 6) is -0.222. The number of anilines is 1. The highest BCUT2D eigenvalue weighted by molar-refractivity contribution is 9.10. The van der Waals surface area contributed by atoms with Crippen LogP contribution in [0, 0.1) is 0 Å². The number of nitrogens with one attached hydrogen (secondary N) is 1. The maximum Gasteiger partial charge on any atom is 0.256 e. The van der Waals surface area contributed by atoms with Crippen molar-refractivity contribution in [2.24, 2.45) is 0 Å². The van der Waals surface area contributed by atoms with Gasteiger partial charge in [-0.25, -0.2) is 15.0 Å². The van der Waals surface area contributed by atoms with Crippen LogP contribution in [0.5, 0.6) is 5.75 Å². The first kappa shape index (κ1) is 24.6. The molecule has 6 aromatic rings. The maximum atomic E-state index is 13.7. The number of nitrogens with zero attached hydrogens (tertiary/aromatic N) is 3. The Morgan fingerprint density at radius 2 is 1.69 bits per heavy atom. The summed E-state index contributed by atoms with van der Waals surface area (Å²) in [6.07, 6.45) is 1.50. The number of pyridine rings is 1. The Kier molecular flexibility index (Phi) is 6.24. The number of hydrogen-bond acceptors (Lipinski definition) is 6. The molecule has 1 amide bonds. The molecule has 190 valence electrons. The molecule has 1 N–H and O–H groups in total. The van der Waals surface area contributed by atoms with Crippen LogP contribution >= 0.6 is 15.9 Å². The second-order valence-corrected chi connectivity index (χ2v) is 9.96. The Morgan fingerprint density at radius 3 is 2.49 bits per heavy atom. The van der Waals surface area contributed by atoms with E-state index in [0.717, 1.165) is 26.3 Å². The Morgan fingerprint density at radius 1 is 0.846 bits per heavy atom. The molecule has 0 aliphatic carbocycles. The molecule has 39 heavy (non-hydrogen) atoms. The average molecular weight is 577 g/mol. The summed E-state index contributed by atoms with van der Waals surface area (Å²) < 4.78 is 6.51. The number of benzene rings is 4. The zero-order valence-electron chi connectivity index (χ0n) is 21.0. The molecule has 7 nitrogen and oxygen atoms in total. The number of carbonyl (C=O) groups is 2. The Hall–Kier alpha value is -4.69. The van der Waals surface area contributed by atoms with Crippen LogP contribution in [0.15, 0.2) is 89.7 Å². The molecule has 2 heterocycles. The van der Waals surface area contributed by atoms with Crippen molar-refractivity contribution in [2.75, 3.05) is 12.4 Å². The normalized spacial score (nSPS) is 11.2. The smallest absolute Gasteiger partial charge is 0.256 e. The van der Waals surface area contributed by atoms with Gasteiger partial charge in [-0.3, -0.25) is 9.59 Å². The van der Waals surface area contributed by atoms with Gasteiger partial charge in [-0.2, -0.15) is 0 Å². The van der Waals surface area contributed by atoms with Crippen molar-refractivity contribution in [3.05, 3.63) is 101 Å². The molecule has 0 radical (unpaired) electrons. The predicted molar refractivity (Wildman–Crippen MR) is 156 cm³/mol. The first-order valence-corrected chi connectivity index (χ1v) is 13.0. The molecule has 8 heteroatoms. The van der Waals surface area contributed by atoms with Crippen LogP contribution in [0.2, 0.25) is 0 Å². The van der Waals surface area contributed by atoms with E-state index in [2.05, 4.69) is 31.2 Å². The van der Waals surface area contributed by atoms with Gasteiger partial charge < -0.3 is 10.1 Å². The molecular formula is C31H21BrN4O3. The maximum absolute atomic E-state index is 13.7. The number of halogens is 1. The van der Waals surface area contributed by atoms with E-state index in [0.29, 0.717) is 39.1 Å². The van der Waals surface area contributed by atoms with Crippen LogP contribution in [0.25, 0.3) is 44.0 Å². The molecule has 0 saturated carbocycles. The monoisotopic (exact) mass is 576 g/mol. The molecule has 0 aliphatic heterocycles. The number of methoxy groups -OCH3 is 1. The minimum absolute atomic E-state index is 0.223. The predicted octanol–water partition coefficient (Wildman–Crippen LogP) is 7.22. The first-order valence-electron chi connectivity index (χ1n) is 12.2. The highest BCUT2D eigenvalue weighted by atomic mass is 79.9. The van der Waals surface area contributed by atoms with Crippen molar-refractivity contribution < 1.29 is 14.3 Å². The van der Waals surface area contributed by atoms with Gasteiger partial charge in [0.25, 0.3) is 5.91 Å². The Bertz CT molecular complexity index is 1950. The van der Waals surface area contributed by atoms with E-state index in [-0.39, 0.29) is 11.3 Å². The molecule has 0 spiro atoms. The highest BCUT2D eigenvalue weighted by Crippen LogP contribution is 2.35. The van der Waals surface area contributed by atoms with Gasteiger partial charge in [0.15, 0.2) is 5.78 Å². The quantitative estimate of drug-likeness (QED) is 0.172. The molecule has 6 rings (SSSR count). The topological polar surface area (TPSA) is 94.1 Å². The zero-order valence-corrected chi connectivity index (χ0v) is 22.6. The van der Waals surface area contributed by atoms with Crippen LogP contribution in [0.3, 0.4) is 0 Å². The van der Waals surface area contributed by atoms with Crippen LogP contribution in [0.1, 0.15) is 27.6 Å². The molecule has 0 atom stereocenters. The zero-order chi connectivity index (χ0) is 27.1. The molecule has 0 bridgehead atoms. The van der Waals surface area contributed by atoms with Crippen molar-refractivity contribution in [2.45, 2.75) is 6.92 Å². The SMILES string of the molecule is COc1cc2ncnc(-c3cccc(Br)c3)c2cc1NC(=O)c1ccc2nc3ccccc3cc2c1C(C)=O. The lowest BCUT2D eigenvalue weighted by molar-refractivity contribution is 0.0986. The number of aromatic nitrogens is 3. The van der Waals surface area contributed by atoms with E-state index in [9.17, 15) is 9.59 Å². The number of Topliss-reactive ketones (excluding diaryl/α,β-unsaturated/α-hetero) is 1. The third-order valence-corrected chi connectivity index (χ3v) is 7.09. The molecule has 0 aliphatic rings. The number of hydrogen-bond donors (Lipinski definition) is 1. The Balaban J connectivity index is 1.47. The van der Waals surface area contributed by atoms with Gasteiger partial charge in [0.05, 0.1) is 40.6 Å². The van der Waals surface area contributed by atoms with Crippen LogP contribution in [0.4, 0.5) is 5.69 Å². The fraction of sp³-hybridized carbons (Fsp3) is 0.0645. The summed E-state index contributed by atoms with van der Waals surface area (Å²) >= 11 is 3.52. The van der Waals surface area contributed by atoms with Crippen LogP contribution in [-0.2, 0) is 0 Å². The summed E-state index contributed by atoms with van der Waals surface area (Å²) in [5.41, 5.74) is 4.76. The van der Waals surface area contributed by atoms with Gasteiger partial charge in [-0.05, 0) is 49.4 Å². The molecular weight excluding hydrogens is 556 g/mol. The number of carbonyl (C=O) groups excluding carboxylic acids is 2. The number of ketones is 1. The first-order chi connectivity index (χ1) is 18.9. The van der Waals surface area contributed by atoms with E-state index in [1.165, 1.54) is 20.4 Å². The van der Waals surface area contributed by atoms with Crippen molar-refractivity contribution in [3.63, 3.8) is 0 Å². The highest BCUT2D eigenvalue weighted by Gasteiger charge is 2.21. The summed E-state index contributed by atoms with van der Waals surface area (Å²) in [6.45, 7) is 1.46. The van der Waals surface area contributed by atoms with Crippen molar-refractivity contribution in [1.29, 1.82) is 0 Å². The van der Waals surface area contributed by atoms with Gasteiger partial charge in [0.2, 0.25) is 0 Å². The number of ether oxygens (including phenoxy) is 1. The fourth-order valence-electron chi connectivity index (χ4n) is 4.82. The number of fused-ring (bicyclic) bond motifs is 3. The van der Waals surface area contributed by atoms with Gasteiger partial charge in [0.1, 0.15) is 12.1 Å².